The van der Waals surface area contributed by atoms with Gasteiger partial charge in [0.25, 0.3) is 0 Å². The SMILES string of the molecule is Cn1nc(I)c2cnc(NC3(Cc4ccccc4)CCOCC3)nc21. The summed E-state index contributed by atoms with van der Waals surface area (Å²) in [7, 11) is 1.91. The Hall–Kier alpha value is -1.74. The van der Waals surface area contributed by atoms with Crippen LogP contribution in [0.15, 0.2) is 36.5 Å². The highest BCUT2D eigenvalue weighted by molar-refractivity contribution is 14.1. The fourth-order valence-electron chi connectivity index (χ4n) is 3.39. The Morgan fingerprint density at radius 3 is 2.76 bits per heavy atom. The van der Waals surface area contributed by atoms with Gasteiger partial charge < -0.3 is 10.1 Å². The van der Waals surface area contributed by atoms with Crippen LogP contribution in [0.5, 0.6) is 0 Å². The van der Waals surface area contributed by atoms with Crippen molar-refractivity contribution in [2.45, 2.75) is 24.8 Å². The van der Waals surface area contributed by atoms with Crippen LogP contribution in [0.1, 0.15) is 18.4 Å². The van der Waals surface area contributed by atoms with Crippen molar-refractivity contribution < 1.29 is 4.74 Å². The molecule has 4 rings (SSSR count). The molecule has 1 aromatic carbocycles. The second kappa shape index (κ2) is 6.87. The third-order valence-corrected chi connectivity index (χ3v) is 5.54. The van der Waals surface area contributed by atoms with E-state index in [0.29, 0.717) is 5.95 Å². The molecule has 0 saturated carbocycles. The molecular formula is C18H20IN5O. The van der Waals surface area contributed by atoms with Crippen molar-refractivity contribution in [3.63, 3.8) is 0 Å². The number of hydrogen-bond donors (Lipinski definition) is 1. The van der Waals surface area contributed by atoms with Gasteiger partial charge in [0.15, 0.2) is 5.65 Å². The maximum atomic E-state index is 5.60. The summed E-state index contributed by atoms with van der Waals surface area (Å²) in [6.45, 7) is 1.51. The summed E-state index contributed by atoms with van der Waals surface area (Å²) in [5.41, 5.74) is 2.08. The molecule has 6 nitrogen and oxygen atoms in total. The Labute approximate surface area is 160 Å². The van der Waals surface area contributed by atoms with Crippen LogP contribution >= 0.6 is 22.6 Å². The van der Waals surface area contributed by atoms with E-state index in [0.717, 1.165) is 47.2 Å². The highest BCUT2D eigenvalue weighted by atomic mass is 127. The highest BCUT2D eigenvalue weighted by Gasteiger charge is 2.33. The van der Waals surface area contributed by atoms with E-state index < -0.39 is 0 Å². The molecule has 130 valence electrons. The zero-order chi connectivity index (χ0) is 17.3. The third kappa shape index (κ3) is 3.48. The normalized spacial score (nSPS) is 16.9. The number of halogens is 1. The van der Waals surface area contributed by atoms with Crippen molar-refractivity contribution in [2.75, 3.05) is 18.5 Å². The van der Waals surface area contributed by atoms with Gasteiger partial charge in [-0.05, 0) is 47.4 Å². The van der Waals surface area contributed by atoms with Gasteiger partial charge in [0.05, 0.1) is 5.39 Å². The average Bonchev–Trinajstić information content (AvgIpc) is 2.90. The molecule has 0 amide bonds. The lowest BCUT2D eigenvalue weighted by molar-refractivity contribution is 0.0600. The molecule has 3 aromatic rings. The van der Waals surface area contributed by atoms with Crippen molar-refractivity contribution in [3.05, 3.63) is 45.8 Å². The molecule has 0 unspecified atom stereocenters. The maximum Gasteiger partial charge on any atom is 0.225 e. The molecule has 7 heteroatoms. The van der Waals surface area contributed by atoms with E-state index in [4.69, 9.17) is 9.72 Å². The lowest BCUT2D eigenvalue weighted by atomic mass is 9.84. The van der Waals surface area contributed by atoms with E-state index in [9.17, 15) is 0 Å². The summed E-state index contributed by atoms with van der Waals surface area (Å²) in [4.78, 5) is 9.25. The van der Waals surface area contributed by atoms with Crippen LogP contribution in [-0.2, 0) is 18.2 Å². The molecule has 1 saturated heterocycles. The zero-order valence-corrected chi connectivity index (χ0v) is 16.2. The number of anilines is 1. The molecule has 0 spiro atoms. The summed E-state index contributed by atoms with van der Waals surface area (Å²) in [6, 6.07) is 10.6. The molecule has 1 aliphatic heterocycles. The number of fused-ring (bicyclic) bond motifs is 1. The number of nitrogens with one attached hydrogen (secondary N) is 1. The number of hydrogen-bond acceptors (Lipinski definition) is 5. The third-order valence-electron chi connectivity index (χ3n) is 4.75. The Balaban J connectivity index is 1.65. The minimum atomic E-state index is -0.0843. The number of aryl methyl sites for hydroxylation is 1. The molecule has 0 atom stereocenters. The summed E-state index contributed by atoms with van der Waals surface area (Å²) in [5.74, 6) is 0.657. The fraction of sp³-hybridized carbons (Fsp3) is 0.389. The Morgan fingerprint density at radius 1 is 1.24 bits per heavy atom. The van der Waals surface area contributed by atoms with E-state index in [-0.39, 0.29) is 5.54 Å². The van der Waals surface area contributed by atoms with Crippen LogP contribution in [0.4, 0.5) is 5.95 Å². The Bertz CT molecular complexity index is 874. The average molecular weight is 449 g/mol. The number of benzene rings is 1. The van der Waals surface area contributed by atoms with Crippen LogP contribution < -0.4 is 5.32 Å². The fourth-order valence-corrected chi connectivity index (χ4v) is 4.09. The van der Waals surface area contributed by atoms with Crippen molar-refractivity contribution in [1.29, 1.82) is 0 Å². The molecular weight excluding hydrogens is 429 g/mol. The second-order valence-corrected chi connectivity index (χ2v) is 7.55. The first-order valence-corrected chi connectivity index (χ1v) is 9.48. The first kappa shape index (κ1) is 16.7. The van der Waals surface area contributed by atoms with Gasteiger partial charge in [0.1, 0.15) is 3.70 Å². The summed E-state index contributed by atoms with van der Waals surface area (Å²) in [6.07, 6.45) is 4.66. The van der Waals surface area contributed by atoms with Gasteiger partial charge in [-0.3, -0.25) is 0 Å². The van der Waals surface area contributed by atoms with Crippen LogP contribution in [0.25, 0.3) is 11.0 Å². The number of ether oxygens (including phenoxy) is 1. The predicted molar refractivity (Wildman–Crippen MR) is 106 cm³/mol. The van der Waals surface area contributed by atoms with Crippen molar-refractivity contribution in [1.82, 2.24) is 19.7 Å². The van der Waals surface area contributed by atoms with Crippen LogP contribution in [0.2, 0.25) is 0 Å². The zero-order valence-electron chi connectivity index (χ0n) is 14.1. The molecule has 1 fully saturated rings. The quantitative estimate of drug-likeness (QED) is 0.620. The molecule has 0 radical (unpaired) electrons. The Morgan fingerprint density at radius 2 is 2.00 bits per heavy atom. The van der Waals surface area contributed by atoms with Gasteiger partial charge in [-0.25, -0.2) is 9.67 Å². The number of aromatic nitrogens is 4. The largest absolute Gasteiger partial charge is 0.381 e. The lowest BCUT2D eigenvalue weighted by Gasteiger charge is -2.38. The molecule has 2 aromatic heterocycles. The standard InChI is InChI=1S/C18H20IN5O/c1-24-16-14(15(19)23-24)12-20-17(21-16)22-18(7-9-25-10-8-18)11-13-5-3-2-4-6-13/h2-6,12H,7-11H2,1H3,(H,20,21,22). The van der Waals surface area contributed by atoms with Gasteiger partial charge in [0.2, 0.25) is 5.95 Å². The molecule has 25 heavy (non-hydrogen) atoms. The maximum absolute atomic E-state index is 5.60. The topological polar surface area (TPSA) is 64.9 Å². The van der Waals surface area contributed by atoms with Crippen LogP contribution in [0, 0.1) is 3.70 Å². The van der Waals surface area contributed by atoms with E-state index in [1.165, 1.54) is 5.56 Å². The molecule has 1 aliphatic rings. The number of nitrogens with zero attached hydrogens (tertiary/aromatic N) is 4. The van der Waals surface area contributed by atoms with Gasteiger partial charge in [-0.2, -0.15) is 10.1 Å². The summed E-state index contributed by atoms with van der Waals surface area (Å²) >= 11 is 2.21. The van der Waals surface area contributed by atoms with Gasteiger partial charge >= 0.3 is 0 Å². The first-order chi connectivity index (χ1) is 12.2. The summed E-state index contributed by atoms with van der Waals surface area (Å²) in [5, 5.41) is 9.03. The van der Waals surface area contributed by atoms with Crippen LogP contribution in [-0.4, -0.2) is 38.5 Å². The molecule has 3 heterocycles. The molecule has 0 bridgehead atoms. The lowest BCUT2D eigenvalue weighted by Crippen LogP contribution is -2.46. The highest BCUT2D eigenvalue weighted by Crippen LogP contribution is 2.29. The van der Waals surface area contributed by atoms with Gasteiger partial charge in [-0.1, -0.05) is 30.3 Å². The molecule has 0 aliphatic carbocycles. The van der Waals surface area contributed by atoms with E-state index in [1.807, 2.05) is 13.2 Å². The smallest absolute Gasteiger partial charge is 0.225 e. The van der Waals surface area contributed by atoms with E-state index in [2.05, 4.69) is 68.3 Å². The van der Waals surface area contributed by atoms with Crippen molar-refractivity contribution in [2.24, 2.45) is 7.05 Å². The van der Waals surface area contributed by atoms with Crippen molar-refractivity contribution in [3.8, 4) is 0 Å². The summed E-state index contributed by atoms with van der Waals surface area (Å²) < 4.78 is 8.32. The van der Waals surface area contributed by atoms with Gasteiger partial charge in [-0.15, -0.1) is 0 Å². The first-order valence-electron chi connectivity index (χ1n) is 8.40. The van der Waals surface area contributed by atoms with E-state index in [1.54, 1.807) is 4.68 Å². The van der Waals surface area contributed by atoms with Gasteiger partial charge in [0, 0.05) is 32.0 Å². The molecule has 1 N–H and O–H groups in total. The van der Waals surface area contributed by atoms with Crippen LogP contribution in [0.3, 0.4) is 0 Å². The minimum absolute atomic E-state index is 0.0843. The Kier molecular flexibility index (Phi) is 4.60. The monoisotopic (exact) mass is 449 g/mol. The second-order valence-electron chi connectivity index (χ2n) is 6.53. The predicted octanol–water partition coefficient (Wildman–Crippen LogP) is 3.17. The minimum Gasteiger partial charge on any atom is -0.381 e. The van der Waals surface area contributed by atoms with E-state index >= 15 is 0 Å². The number of rotatable bonds is 4. The van der Waals surface area contributed by atoms with Crippen molar-refractivity contribution >= 4 is 39.6 Å².